The highest BCUT2D eigenvalue weighted by Crippen LogP contribution is 2.35. The molecule has 0 bridgehead atoms. The second-order valence-electron chi connectivity index (χ2n) is 4.45. The first-order chi connectivity index (χ1) is 8.72. The van der Waals surface area contributed by atoms with Gasteiger partial charge >= 0.3 is 0 Å². The zero-order valence-corrected chi connectivity index (χ0v) is 12.0. The lowest BCUT2D eigenvalue weighted by Gasteiger charge is -2.15. The normalized spacial score (nSPS) is 17.6. The predicted octanol–water partition coefficient (Wildman–Crippen LogP) is 4.60. The van der Waals surface area contributed by atoms with Crippen LogP contribution in [0.25, 0.3) is 0 Å². The van der Waals surface area contributed by atoms with E-state index in [2.05, 4.69) is 44.4 Å². The van der Waals surface area contributed by atoms with Crippen LogP contribution in [0.3, 0.4) is 0 Å². The highest BCUT2D eigenvalue weighted by Gasteiger charge is 2.22. The minimum Gasteiger partial charge on any atom is -0.378 e. The summed E-state index contributed by atoms with van der Waals surface area (Å²) < 4.78 is 1.15. The first-order valence-electron chi connectivity index (χ1n) is 5.89. The average molecular weight is 324 g/mol. The average Bonchev–Trinajstić information content (AvgIpc) is 2.72. The smallest absolute Gasteiger partial charge is 0.131 e. The van der Waals surface area contributed by atoms with Gasteiger partial charge in [-0.2, -0.15) is 0 Å². The summed E-state index contributed by atoms with van der Waals surface area (Å²) in [6.45, 7) is 0. The van der Waals surface area contributed by atoms with Gasteiger partial charge < -0.3 is 5.32 Å². The van der Waals surface area contributed by atoms with Gasteiger partial charge in [0.1, 0.15) is 5.15 Å². The quantitative estimate of drug-likeness (QED) is 0.817. The third-order valence-corrected chi connectivity index (χ3v) is 3.95. The van der Waals surface area contributed by atoms with E-state index in [1.54, 1.807) is 6.20 Å². The molecule has 0 radical (unpaired) electrons. The van der Waals surface area contributed by atoms with Crippen molar-refractivity contribution in [2.45, 2.75) is 18.9 Å². The predicted molar refractivity (Wildman–Crippen MR) is 78.1 cm³/mol. The number of pyridine rings is 1. The summed E-state index contributed by atoms with van der Waals surface area (Å²) in [5.74, 6) is 0. The Bertz CT molecular complexity index is 586. The van der Waals surface area contributed by atoms with Crippen LogP contribution in [0.15, 0.2) is 41.0 Å². The lowest BCUT2D eigenvalue weighted by molar-refractivity contribution is 0.762. The summed E-state index contributed by atoms with van der Waals surface area (Å²) in [4.78, 5) is 3.99. The van der Waals surface area contributed by atoms with Crippen molar-refractivity contribution in [1.29, 1.82) is 0 Å². The standard InChI is InChI=1S/C14H12BrClN2/c15-10-2-3-12-9(7-10)1-4-13(12)18-11-5-6-17-14(16)8-11/h2-3,5-8,13H,1,4H2,(H,17,18). The Balaban J connectivity index is 1.85. The molecule has 1 heterocycles. The number of anilines is 1. The van der Waals surface area contributed by atoms with Gasteiger partial charge in [0, 0.05) is 16.4 Å². The number of nitrogens with one attached hydrogen (secondary N) is 1. The molecule has 0 spiro atoms. The van der Waals surface area contributed by atoms with Crippen LogP contribution in [0.4, 0.5) is 5.69 Å². The van der Waals surface area contributed by atoms with Crippen LogP contribution in [0, 0.1) is 0 Å². The van der Waals surface area contributed by atoms with Crippen molar-refractivity contribution in [3.05, 3.63) is 57.3 Å². The number of aromatic nitrogens is 1. The van der Waals surface area contributed by atoms with Crippen molar-refractivity contribution in [1.82, 2.24) is 4.98 Å². The maximum absolute atomic E-state index is 5.89. The van der Waals surface area contributed by atoms with Crippen LogP contribution in [-0.4, -0.2) is 4.98 Å². The van der Waals surface area contributed by atoms with Gasteiger partial charge in [0.05, 0.1) is 6.04 Å². The second-order valence-corrected chi connectivity index (χ2v) is 5.75. The van der Waals surface area contributed by atoms with Crippen molar-refractivity contribution < 1.29 is 0 Å². The Morgan fingerprint density at radius 3 is 3.00 bits per heavy atom. The van der Waals surface area contributed by atoms with Gasteiger partial charge in [0.15, 0.2) is 0 Å². The molecular weight excluding hydrogens is 312 g/mol. The fourth-order valence-electron chi connectivity index (χ4n) is 2.43. The van der Waals surface area contributed by atoms with Crippen LogP contribution in [0.2, 0.25) is 5.15 Å². The number of nitrogens with zero attached hydrogens (tertiary/aromatic N) is 1. The molecule has 1 atom stereocenters. The Morgan fingerprint density at radius 1 is 1.28 bits per heavy atom. The molecule has 92 valence electrons. The Hall–Kier alpha value is -1.06. The van der Waals surface area contributed by atoms with Crippen molar-refractivity contribution in [2.24, 2.45) is 0 Å². The van der Waals surface area contributed by atoms with Gasteiger partial charge in [-0.05, 0) is 48.2 Å². The van der Waals surface area contributed by atoms with Crippen molar-refractivity contribution in [3.8, 4) is 0 Å². The van der Waals surface area contributed by atoms with Gasteiger partial charge in [-0.15, -0.1) is 0 Å². The molecule has 1 unspecified atom stereocenters. The Kier molecular flexibility index (Phi) is 3.27. The van der Waals surface area contributed by atoms with E-state index < -0.39 is 0 Å². The van der Waals surface area contributed by atoms with E-state index in [9.17, 15) is 0 Å². The lowest BCUT2D eigenvalue weighted by Crippen LogP contribution is -2.07. The van der Waals surface area contributed by atoms with Crippen molar-refractivity contribution >= 4 is 33.2 Å². The number of halogens is 2. The number of fused-ring (bicyclic) bond motifs is 1. The van der Waals surface area contributed by atoms with Gasteiger partial charge in [-0.1, -0.05) is 33.6 Å². The van der Waals surface area contributed by atoms with E-state index >= 15 is 0 Å². The van der Waals surface area contributed by atoms with E-state index in [0.29, 0.717) is 11.2 Å². The molecule has 1 N–H and O–H groups in total. The van der Waals surface area contributed by atoms with Gasteiger partial charge in [0.25, 0.3) is 0 Å². The molecule has 0 fully saturated rings. The number of aryl methyl sites for hydroxylation is 1. The number of benzene rings is 1. The summed E-state index contributed by atoms with van der Waals surface area (Å²) in [5.41, 5.74) is 3.82. The molecule has 4 heteroatoms. The van der Waals surface area contributed by atoms with Gasteiger partial charge in [0.2, 0.25) is 0 Å². The van der Waals surface area contributed by atoms with E-state index in [0.717, 1.165) is 23.0 Å². The zero-order valence-electron chi connectivity index (χ0n) is 9.66. The third-order valence-electron chi connectivity index (χ3n) is 3.25. The Labute approximate surface area is 120 Å². The first kappa shape index (κ1) is 12.0. The summed E-state index contributed by atoms with van der Waals surface area (Å²) >= 11 is 9.41. The topological polar surface area (TPSA) is 24.9 Å². The molecule has 0 saturated carbocycles. The fraction of sp³-hybridized carbons (Fsp3) is 0.214. The summed E-state index contributed by atoms with van der Waals surface area (Å²) in [6.07, 6.45) is 3.96. The molecule has 1 aromatic carbocycles. The Morgan fingerprint density at radius 2 is 2.17 bits per heavy atom. The van der Waals surface area contributed by atoms with E-state index in [1.165, 1.54) is 11.1 Å². The maximum Gasteiger partial charge on any atom is 0.131 e. The molecule has 0 amide bonds. The third kappa shape index (κ3) is 2.38. The molecular formula is C14H12BrClN2. The molecule has 18 heavy (non-hydrogen) atoms. The molecule has 1 aliphatic rings. The number of hydrogen-bond acceptors (Lipinski definition) is 2. The van der Waals surface area contributed by atoms with Crippen LogP contribution in [0.5, 0.6) is 0 Å². The van der Waals surface area contributed by atoms with Crippen molar-refractivity contribution in [3.63, 3.8) is 0 Å². The SMILES string of the molecule is Clc1cc(NC2CCc3cc(Br)ccc32)ccn1. The molecule has 0 saturated heterocycles. The summed E-state index contributed by atoms with van der Waals surface area (Å²) in [7, 11) is 0. The van der Waals surface area contributed by atoms with Crippen molar-refractivity contribution in [2.75, 3.05) is 5.32 Å². The summed E-state index contributed by atoms with van der Waals surface area (Å²) in [6, 6.07) is 10.7. The maximum atomic E-state index is 5.89. The lowest BCUT2D eigenvalue weighted by atomic mass is 10.1. The minimum absolute atomic E-state index is 0.367. The zero-order chi connectivity index (χ0) is 12.5. The second kappa shape index (κ2) is 4.90. The molecule has 1 aliphatic carbocycles. The molecule has 2 nitrogen and oxygen atoms in total. The van der Waals surface area contributed by atoms with Gasteiger partial charge in [-0.25, -0.2) is 4.98 Å². The number of hydrogen-bond donors (Lipinski definition) is 1. The van der Waals surface area contributed by atoms with Gasteiger partial charge in [-0.3, -0.25) is 0 Å². The van der Waals surface area contributed by atoms with E-state index in [-0.39, 0.29) is 0 Å². The first-order valence-corrected chi connectivity index (χ1v) is 7.06. The highest BCUT2D eigenvalue weighted by atomic mass is 79.9. The highest BCUT2D eigenvalue weighted by molar-refractivity contribution is 9.10. The molecule has 0 aliphatic heterocycles. The fourth-order valence-corrected chi connectivity index (χ4v) is 3.01. The monoisotopic (exact) mass is 322 g/mol. The van der Waals surface area contributed by atoms with E-state index in [1.807, 2.05) is 12.1 Å². The minimum atomic E-state index is 0.367. The van der Waals surface area contributed by atoms with Crippen LogP contribution >= 0.6 is 27.5 Å². The number of rotatable bonds is 2. The molecule has 3 rings (SSSR count). The molecule has 2 aromatic rings. The van der Waals surface area contributed by atoms with E-state index in [4.69, 9.17) is 11.6 Å². The van der Waals surface area contributed by atoms with Crippen LogP contribution in [0.1, 0.15) is 23.6 Å². The van der Waals surface area contributed by atoms with Crippen LogP contribution < -0.4 is 5.32 Å². The van der Waals surface area contributed by atoms with Crippen LogP contribution in [-0.2, 0) is 6.42 Å². The largest absolute Gasteiger partial charge is 0.378 e. The summed E-state index contributed by atoms with van der Waals surface area (Å²) in [5, 5.41) is 4.04. The molecule has 1 aromatic heterocycles.